The van der Waals surface area contributed by atoms with Crippen molar-refractivity contribution in [2.45, 2.75) is 44.5 Å². The van der Waals surface area contributed by atoms with Crippen LogP contribution < -0.4 is 5.32 Å². The van der Waals surface area contributed by atoms with Gasteiger partial charge < -0.3 is 25.4 Å². The van der Waals surface area contributed by atoms with E-state index in [1.54, 1.807) is 6.92 Å². The van der Waals surface area contributed by atoms with E-state index < -0.39 is 30.6 Å². The number of hydrogen-bond acceptors (Lipinski definition) is 5. The van der Waals surface area contributed by atoms with E-state index in [9.17, 15) is 20.1 Å². The highest BCUT2D eigenvalue weighted by molar-refractivity contribution is 5.73. The first kappa shape index (κ1) is 11.4. The van der Waals surface area contributed by atoms with E-state index in [-0.39, 0.29) is 5.91 Å². The second kappa shape index (κ2) is 4.22. The summed E-state index contributed by atoms with van der Waals surface area (Å²) in [5.41, 5.74) is 0. The van der Waals surface area contributed by atoms with E-state index >= 15 is 0 Å². The van der Waals surface area contributed by atoms with Crippen molar-refractivity contribution >= 4 is 5.91 Å². The van der Waals surface area contributed by atoms with Crippen LogP contribution in [0.2, 0.25) is 0 Å². The molecule has 1 saturated heterocycles. The van der Waals surface area contributed by atoms with Crippen LogP contribution >= 0.6 is 0 Å². The highest BCUT2D eigenvalue weighted by atomic mass is 16.6. The number of aliphatic hydroxyl groups excluding tert-OH is 3. The standard InChI is InChI=1S/C8H15NO5/c1-3-6(11)5(9-4(2)10)7(12)8(13)14-3/h3,5-8,11-13H,1-2H3,(H,9,10). The Morgan fingerprint density at radius 3 is 2.36 bits per heavy atom. The van der Waals surface area contributed by atoms with Gasteiger partial charge in [0.25, 0.3) is 0 Å². The van der Waals surface area contributed by atoms with Crippen LogP contribution in [0.3, 0.4) is 0 Å². The van der Waals surface area contributed by atoms with Crippen LogP contribution in [0.1, 0.15) is 13.8 Å². The molecule has 6 heteroatoms. The van der Waals surface area contributed by atoms with Crippen molar-refractivity contribution in [2.75, 3.05) is 0 Å². The van der Waals surface area contributed by atoms with Crippen molar-refractivity contribution in [3.63, 3.8) is 0 Å². The number of amides is 1. The Bertz CT molecular complexity index is 208. The molecule has 0 aromatic carbocycles. The lowest BCUT2D eigenvalue weighted by molar-refractivity contribution is -0.251. The Morgan fingerprint density at radius 2 is 1.86 bits per heavy atom. The van der Waals surface area contributed by atoms with Crippen LogP contribution in [-0.2, 0) is 9.53 Å². The molecule has 0 spiro atoms. The van der Waals surface area contributed by atoms with Gasteiger partial charge in [0, 0.05) is 6.92 Å². The number of nitrogens with one attached hydrogen (secondary N) is 1. The summed E-state index contributed by atoms with van der Waals surface area (Å²) in [6.45, 7) is 2.82. The molecule has 0 radical (unpaired) electrons. The van der Waals surface area contributed by atoms with Gasteiger partial charge in [-0.3, -0.25) is 4.79 Å². The summed E-state index contributed by atoms with van der Waals surface area (Å²) in [4.78, 5) is 10.8. The van der Waals surface area contributed by atoms with E-state index in [1.165, 1.54) is 6.92 Å². The summed E-state index contributed by atoms with van der Waals surface area (Å²) < 4.78 is 4.83. The van der Waals surface area contributed by atoms with Crippen molar-refractivity contribution in [3.05, 3.63) is 0 Å². The minimum atomic E-state index is -1.38. The Balaban J connectivity index is 2.71. The predicted octanol–water partition coefficient (Wildman–Crippen LogP) is -2.05. The molecule has 1 rings (SSSR count). The Morgan fingerprint density at radius 1 is 1.29 bits per heavy atom. The van der Waals surface area contributed by atoms with E-state index in [1.807, 2.05) is 0 Å². The molecule has 1 amide bonds. The van der Waals surface area contributed by atoms with Gasteiger partial charge in [0.1, 0.15) is 12.2 Å². The lowest BCUT2D eigenvalue weighted by Crippen LogP contribution is -2.62. The number of carbonyl (C=O) groups excluding carboxylic acids is 1. The molecule has 1 aliphatic heterocycles. The molecule has 6 nitrogen and oxygen atoms in total. The van der Waals surface area contributed by atoms with Crippen LogP contribution in [0.4, 0.5) is 0 Å². The monoisotopic (exact) mass is 205 g/mol. The number of aliphatic hydroxyl groups is 3. The quantitative estimate of drug-likeness (QED) is 0.395. The van der Waals surface area contributed by atoms with E-state index in [0.717, 1.165) is 0 Å². The van der Waals surface area contributed by atoms with Gasteiger partial charge in [0.15, 0.2) is 6.29 Å². The Kier molecular flexibility index (Phi) is 3.43. The van der Waals surface area contributed by atoms with Crippen LogP contribution in [0.5, 0.6) is 0 Å². The fourth-order valence-electron chi connectivity index (χ4n) is 1.46. The molecule has 0 bridgehead atoms. The fraction of sp³-hybridized carbons (Fsp3) is 0.875. The Labute approximate surface area is 81.5 Å². The third-order valence-corrected chi connectivity index (χ3v) is 2.23. The molecule has 1 fully saturated rings. The molecule has 1 heterocycles. The lowest BCUT2D eigenvalue weighted by atomic mass is 9.97. The molecule has 5 unspecified atom stereocenters. The van der Waals surface area contributed by atoms with Crippen molar-refractivity contribution in [1.29, 1.82) is 0 Å². The molecule has 0 aliphatic carbocycles. The fourth-order valence-corrected chi connectivity index (χ4v) is 1.46. The highest BCUT2D eigenvalue weighted by Crippen LogP contribution is 2.19. The third-order valence-electron chi connectivity index (χ3n) is 2.23. The highest BCUT2D eigenvalue weighted by Gasteiger charge is 2.42. The zero-order chi connectivity index (χ0) is 10.9. The SMILES string of the molecule is CC(=O)NC1C(O)C(C)OC(O)C1O. The van der Waals surface area contributed by atoms with Gasteiger partial charge in [-0.1, -0.05) is 0 Å². The van der Waals surface area contributed by atoms with Crippen molar-refractivity contribution < 1.29 is 24.9 Å². The molecule has 5 atom stereocenters. The topological polar surface area (TPSA) is 99.0 Å². The smallest absolute Gasteiger partial charge is 0.217 e. The second-order valence-electron chi connectivity index (χ2n) is 3.44. The maximum atomic E-state index is 10.8. The minimum Gasteiger partial charge on any atom is -0.388 e. The van der Waals surface area contributed by atoms with Gasteiger partial charge in [0.2, 0.25) is 5.91 Å². The summed E-state index contributed by atoms with van der Waals surface area (Å²) >= 11 is 0. The van der Waals surface area contributed by atoms with Crippen LogP contribution in [0.15, 0.2) is 0 Å². The van der Waals surface area contributed by atoms with Gasteiger partial charge in [-0.2, -0.15) is 0 Å². The molecule has 0 aromatic heterocycles. The van der Waals surface area contributed by atoms with Gasteiger partial charge >= 0.3 is 0 Å². The second-order valence-corrected chi connectivity index (χ2v) is 3.44. The summed E-state index contributed by atoms with van der Waals surface area (Å²) in [6, 6.07) is -0.897. The average molecular weight is 205 g/mol. The number of rotatable bonds is 1. The molecule has 1 aliphatic rings. The molecular formula is C8H15NO5. The third kappa shape index (κ3) is 2.21. The average Bonchev–Trinajstić information content (AvgIpc) is 2.09. The molecule has 14 heavy (non-hydrogen) atoms. The van der Waals surface area contributed by atoms with Crippen LogP contribution in [0.25, 0.3) is 0 Å². The summed E-state index contributed by atoms with van der Waals surface area (Å²) in [7, 11) is 0. The van der Waals surface area contributed by atoms with E-state index in [2.05, 4.69) is 5.32 Å². The number of ether oxygens (including phenoxy) is 1. The molecule has 4 N–H and O–H groups in total. The summed E-state index contributed by atoms with van der Waals surface area (Å²) in [5, 5.41) is 30.6. The molecular weight excluding hydrogens is 190 g/mol. The predicted molar refractivity (Wildman–Crippen MR) is 46.2 cm³/mol. The zero-order valence-corrected chi connectivity index (χ0v) is 8.04. The van der Waals surface area contributed by atoms with Crippen molar-refractivity contribution in [2.24, 2.45) is 0 Å². The van der Waals surface area contributed by atoms with Gasteiger partial charge in [-0.15, -0.1) is 0 Å². The van der Waals surface area contributed by atoms with E-state index in [0.29, 0.717) is 0 Å². The van der Waals surface area contributed by atoms with Gasteiger partial charge in [-0.25, -0.2) is 0 Å². The minimum absolute atomic E-state index is 0.380. The van der Waals surface area contributed by atoms with Crippen molar-refractivity contribution in [3.8, 4) is 0 Å². The Hall–Kier alpha value is -0.690. The summed E-state index contributed by atoms with van der Waals surface area (Å²) in [5.74, 6) is -0.380. The first-order chi connectivity index (χ1) is 6.43. The van der Waals surface area contributed by atoms with Crippen LogP contribution in [0, 0.1) is 0 Å². The van der Waals surface area contributed by atoms with Gasteiger partial charge in [-0.05, 0) is 6.92 Å². The lowest BCUT2D eigenvalue weighted by Gasteiger charge is -2.39. The molecule has 82 valence electrons. The van der Waals surface area contributed by atoms with Crippen LogP contribution in [-0.4, -0.2) is 51.9 Å². The largest absolute Gasteiger partial charge is 0.388 e. The number of carbonyl (C=O) groups is 1. The van der Waals surface area contributed by atoms with Crippen molar-refractivity contribution in [1.82, 2.24) is 5.32 Å². The first-order valence-electron chi connectivity index (χ1n) is 4.40. The van der Waals surface area contributed by atoms with E-state index in [4.69, 9.17) is 4.74 Å². The number of hydrogen-bond donors (Lipinski definition) is 4. The van der Waals surface area contributed by atoms with Gasteiger partial charge in [0.05, 0.1) is 12.1 Å². The molecule has 0 aromatic rings. The zero-order valence-electron chi connectivity index (χ0n) is 8.04. The first-order valence-corrected chi connectivity index (χ1v) is 4.40. The normalized spacial score (nSPS) is 43.4. The summed E-state index contributed by atoms with van der Waals surface area (Å²) in [6.07, 6.45) is -4.36. The maximum absolute atomic E-state index is 10.8. The maximum Gasteiger partial charge on any atom is 0.217 e. The molecule has 0 saturated carbocycles.